The van der Waals surface area contributed by atoms with Gasteiger partial charge in [-0.25, -0.2) is 4.79 Å². The summed E-state index contributed by atoms with van der Waals surface area (Å²) < 4.78 is 9.95. The van der Waals surface area contributed by atoms with Gasteiger partial charge in [0.1, 0.15) is 18.0 Å². The summed E-state index contributed by atoms with van der Waals surface area (Å²) in [5, 5.41) is 8.29. The molecule has 0 saturated carbocycles. The van der Waals surface area contributed by atoms with Crippen molar-refractivity contribution in [3.05, 3.63) is 29.3 Å². The van der Waals surface area contributed by atoms with Gasteiger partial charge in [-0.15, -0.1) is 0 Å². The maximum absolute atomic E-state index is 10.1. The number of aliphatic carboxylic acids is 1. The third-order valence-corrected chi connectivity index (χ3v) is 3.53. The van der Waals surface area contributed by atoms with Crippen molar-refractivity contribution in [2.75, 3.05) is 0 Å². The van der Waals surface area contributed by atoms with E-state index in [1.807, 2.05) is 0 Å². The van der Waals surface area contributed by atoms with Gasteiger partial charge in [0.05, 0.1) is 0 Å². The van der Waals surface area contributed by atoms with Crippen LogP contribution in [0.15, 0.2) is 18.2 Å². The van der Waals surface area contributed by atoms with E-state index < -0.39 is 11.6 Å². The van der Waals surface area contributed by atoms with E-state index in [0.29, 0.717) is 0 Å². The zero-order valence-electron chi connectivity index (χ0n) is 12.6. The SMILES string of the molecule is CC(C)(C)c1cc2ccc1OC2.CC(C)(O[Si])C(=O)O. The molecule has 0 fully saturated rings. The zero-order chi connectivity index (χ0) is 15.6. The van der Waals surface area contributed by atoms with Gasteiger partial charge in [0, 0.05) is 0 Å². The molecule has 0 saturated heterocycles. The Balaban J connectivity index is 0.000000221. The molecule has 2 aliphatic rings. The molecule has 2 heterocycles. The molecule has 2 aliphatic heterocycles. The smallest absolute Gasteiger partial charge is 0.334 e. The van der Waals surface area contributed by atoms with Crippen LogP contribution in [0.25, 0.3) is 0 Å². The summed E-state index contributed by atoms with van der Waals surface area (Å²) in [6.45, 7) is 10.3. The topological polar surface area (TPSA) is 55.8 Å². The van der Waals surface area contributed by atoms with Crippen molar-refractivity contribution in [2.45, 2.75) is 52.2 Å². The largest absolute Gasteiger partial charge is 0.489 e. The molecule has 20 heavy (non-hydrogen) atoms. The Morgan fingerprint density at radius 1 is 1.30 bits per heavy atom. The lowest BCUT2D eigenvalue weighted by molar-refractivity contribution is -0.151. The number of fused-ring (bicyclic) bond motifs is 3. The predicted octanol–water partition coefficient (Wildman–Crippen LogP) is 2.83. The van der Waals surface area contributed by atoms with Gasteiger partial charge in [0.25, 0.3) is 0 Å². The minimum absolute atomic E-state index is 0.200. The molecule has 0 unspecified atom stereocenters. The van der Waals surface area contributed by atoms with Crippen LogP contribution in [-0.2, 0) is 21.2 Å². The minimum atomic E-state index is -1.13. The zero-order valence-corrected chi connectivity index (χ0v) is 13.6. The maximum Gasteiger partial charge on any atom is 0.334 e. The Kier molecular flexibility index (Phi) is 4.99. The number of hydrogen-bond acceptors (Lipinski definition) is 3. The molecule has 0 spiro atoms. The molecule has 0 aromatic heterocycles. The third kappa shape index (κ3) is 4.08. The fourth-order valence-corrected chi connectivity index (χ4v) is 1.67. The van der Waals surface area contributed by atoms with Crippen LogP contribution in [0.5, 0.6) is 5.75 Å². The number of carbonyl (C=O) groups is 1. The molecule has 0 aliphatic carbocycles. The van der Waals surface area contributed by atoms with Crippen LogP contribution in [0.1, 0.15) is 45.7 Å². The fourth-order valence-electron chi connectivity index (χ4n) is 1.58. The van der Waals surface area contributed by atoms with E-state index in [2.05, 4.69) is 53.9 Å². The Morgan fingerprint density at radius 2 is 1.90 bits per heavy atom. The second-order valence-corrected chi connectivity index (χ2v) is 6.49. The average molecular weight is 293 g/mol. The Morgan fingerprint density at radius 3 is 2.05 bits per heavy atom. The summed E-state index contributed by atoms with van der Waals surface area (Å²) in [7, 11) is 2.64. The molecule has 2 bridgehead atoms. The lowest BCUT2D eigenvalue weighted by atomic mass is 9.84. The van der Waals surface area contributed by atoms with E-state index in [-0.39, 0.29) is 5.41 Å². The lowest BCUT2D eigenvalue weighted by Crippen LogP contribution is -2.33. The van der Waals surface area contributed by atoms with Crippen molar-refractivity contribution in [1.82, 2.24) is 0 Å². The van der Waals surface area contributed by atoms with Crippen LogP contribution in [0.4, 0.5) is 0 Å². The molecule has 3 radical (unpaired) electrons. The monoisotopic (exact) mass is 293 g/mol. The summed E-state index contributed by atoms with van der Waals surface area (Å²) >= 11 is 0. The first-order valence-corrected chi connectivity index (χ1v) is 6.83. The summed E-state index contributed by atoms with van der Waals surface area (Å²) in [5.74, 6) is 0.0602. The Labute approximate surface area is 123 Å². The first-order chi connectivity index (χ1) is 9.08. The highest BCUT2D eigenvalue weighted by Crippen LogP contribution is 2.35. The van der Waals surface area contributed by atoms with Crippen molar-refractivity contribution in [2.24, 2.45) is 0 Å². The van der Waals surface area contributed by atoms with Gasteiger partial charge >= 0.3 is 5.97 Å². The van der Waals surface area contributed by atoms with Crippen LogP contribution in [0.2, 0.25) is 0 Å². The van der Waals surface area contributed by atoms with E-state index >= 15 is 0 Å². The van der Waals surface area contributed by atoms with E-state index in [1.54, 1.807) is 0 Å². The van der Waals surface area contributed by atoms with Crippen molar-refractivity contribution in [3.63, 3.8) is 0 Å². The highest BCUT2D eigenvalue weighted by Gasteiger charge is 2.25. The molecule has 109 valence electrons. The van der Waals surface area contributed by atoms with Crippen LogP contribution >= 0.6 is 0 Å². The Hall–Kier alpha value is -1.33. The van der Waals surface area contributed by atoms with Gasteiger partial charge < -0.3 is 14.3 Å². The third-order valence-electron chi connectivity index (χ3n) is 3.02. The fraction of sp³-hybridized carbons (Fsp3) is 0.533. The van der Waals surface area contributed by atoms with Crippen molar-refractivity contribution in [3.8, 4) is 5.75 Å². The highest BCUT2D eigenvalue weighted by molar-refractivity contribution is 6.00. The minimum Gasteiger partial charge on any atom is -0.489 e. The van der Waals surface area contributed by atoms with Crippen molar-refractivity contribution >= 4 is 16.5 Å². The molecular weight excluding hydrogens is 272 g/mol. The van der Waals surface area contributed by atoms with Gasteiger partial charge in [-0.05, 0) is 42.5 Å². The number of rotatable bonds is 2. The number of ether oxygens (including phenoxy) is 1. The first kappa shape index (κ1) is 16.7. The summed E-state index contributed by atoms with van der Waals surface area (Å²) in [5.41, 5.74) is 1.68. The molecule has 0 amide bonds. The normalized spacial score (nSPS) is 13.3. The van der Waals surface area contributed by atoms with Gasteiger partial charge in [0.15, 0.2) is 0 Å². The molecule has 1 aromatic rings. The highest BCUT2D eigenvalue weighted by atomic mass is 28.2. The molecule has 4 nitrogen and oxygen atoms in total. The number of carboxylic acids is 1. The molecule has 0 atom stereocenters. The van der Waals surface area contributed by atoms with Gasteiger partial charge in [-0.2, -0.15) is 0 Å². The molecule has 5 heteroatoms. The standard InChI is InChI=1S/C11H14O.C4H7O3Si/c1-11(2,3)9-6-8-4-5-10(9)12-7-8;1-4(2,7-8)3(5)6/h4-6H,7H2,1-3H3;1-2H3,(H,5,6). The Bertz CT molecular complexity index is 489. The number of benzene rings is 1. The average Bonchev–Trinajstić information content (AvgIpc) is 2.39. The van der Waals surface area contributed by atoms with Crippen molar-refractivity contribution < 1.29 is 19.1 Å². The maximum atomic E-state index is 10.1. The molecule has 1 N–H and O–H groups in total. The quantitative estimate of drug-likeness (QED) is 0.852. The van der Waals surface area contributed by atoms with E-state index in [4.69, 9.17) is 9.84 Å². The number of hydrogen-bond donors (Lipinski definition) is 1. The van der Waals surface area contributed by atoms with Crippen LogP contribution in [0.3, 0.4) is 0 Å². The van der Waals surface area contributed by atoms with E-state index in [9.17, 15) is 4.79 Å². The van der Waals surface area contributed by atoms with E-state index in [1.165, 1.54) is 25.0 Å². The van der Waals surface area contributed by atoms with Crippen LogP contribution in [-0.4, -0.2) is 27.2 Å². The van der Waals surface area contributed by atoms with Crippen molar-refractivity contribution in [1.29, 1.82) is 0 Å². The first-order valence-electron chi connectivity index (χ1n) is 6.42. The van der Waals surface area contributed by atoms with Gasteiger partial charge in [0.2, 0.25) is 10.5 Å². The number of carboxylic acid groups (broad SMARTS) is 1. The summed E-state index contributed by atoms with van der Waals surface area (Å²) in [6, 6.07) is 6.45. The van der Waals surface area contributed by atoms with Crippen LogP contribution < -0.4 is 4.74 Å². The van der Waals surface area contributed by atoms with Gasteiger partial charge in [-0.1, -0.05) is 26.8 Å². The predicted molar refractivity (Wildman–Crippen MR) is 78.0 cm³/mol. The second-order valence-electron chi connectivity index (χ2n) is 6.29. The summed E-state index contributed by atoms with van der Waals surface area (Å²) in [4.78, 5) is 10.1. The molecule has 3 rings (SSSR count). The van der Waals surface area contributed by atoms with Crippen LogP contribution in [0, 0.1) is 0 Å². The lowest BCUT2D eigenvalue weighted by Gasteiger charge is -2.27. The van der Waals surface area contributed by atoms with E-state index in [0.717, 1.165) is 12.4 Å². The molecular formula is C15H21O4Si. The van der Waals surface area contributed by atoms with Gasteiger partial charge in [-0.3, -0.25) is 0 Å². The molecule has 1 aromatic carbocycles. The summed E-state index contributed by atoms with van der Waals surface area (Å²) in [6.07, 6.45) is 0. The second kappa shape index (κ2) is 5.97.